The van der Waals surface area contributed by atoms with Gasteiger partial charge in [-0.1, -0.05) is 0 Å². The van der Waals surface area contributed by atoms with Gasteiger partial charge >= 0.3 is 0 Å². The fourth-order valence-electron chi connectivity index (χ4n) is 1.32. The van der Waals surface area contributed by atoms with E-state index in [0.29, 0.717) is 11.0 Å². The summed E-state index contributed by atoms with van der Waals surface area (Å²) in [6.45, 7) is 1.37. The zero-order valence-electron chi connectivity index (χ0n) is 7.57. The minimum absolute atomic E-state index is 0.172. The molecule has 0 unspecified atom stereocenters. The van der Waals surface area contributed by atoms with Gasteiger partial charge in [0, 0.05) is 12.4 Å². The first kappa shape index (κ1) is 8.62. The lowest BCUT2D eigenvalue weighted by Gasteiger charge is -1.98. The Morgan fingerprint density at radius 3 is 3.00 bits per heavy atom. The molecule has 2 rings (SSSR count). The molecule has 2 aromatic rings. The molecule has 0 saturated carbocycles. The number of ketones is 1. The molecule has 0 spiro atoms. The van der Waals surface area contributed by atoms with E-state index in [1.54, 1.807) is 18.3 Å². The van der Waals surface area contributed by atoms with Crippen LogP contribution < -0.4 is 5.43 Å². The Hall–Kier alpha value is -1.97. The number of aromatic amines is 1. The molecule has 4 nitrogen and oxygen atoms in total. The molecular weight excluding hydrogens is 180 g/mol. The zero-order valence-corrected chi connectivity index (χ0v) is 7.57. The Labute approximate surface area is 79.6 Å². The van der Waals surface area contributed by atoms with E-state index >= 15 is 0 Å². The summed E-state index contributed by atoms with van der Waals surface area (Å²) in [5, 5.41) is 0.445. The van der Waals surface area contributed by atoms with E-state index in [1.807, 2.05) is 0 Å². The molecule has 4 heteroatoms. The van der Waals surface area contributed by atoms with E-state index < -0.39 is 0 Å². The van der Waals surface area contributed by atoms with Crippen molar-refractivity contribution < 1.29 is 4.79 Å². The predicted octanol–water partition coefficient (Wildman–Crippen LogP) is 1.13. The normalized spacial score (nSPS) is 10.4. The zero-order chi connectivity index (χ0) is 10.1. The second-order valence-corrected chi connectivity index (χ2v) is 2.99. The lowest BCUT2D eigenvalue weighted by molar-refractivity contribution is 0.101. The van der Waals surface area contributed by atoms with Gasteiger partial charge in [-0.25, -0.2) is 4.98 Å². The minimum Gasteiger partial charge on any atom is -0.345 e. The summed E-state index contributed by atoms with van der Waals surface area (Å²) in [6, 6.07) is 3.31. The molecule has 0 atom stereocenters. The molecule has 14 heavy (non-hydrogen) atoms. The van der Waals surface area contributed by atoms with Crippen LogP contribution in [0, 0.1) is 0 Å². The van der Waals surface area contributed by atoms with Crippen molar-refractivity contribution in [3.05, 3.63) is 40.3 Å². The highest BCUT2D eigenvalue weighted by Gasteiger charge is 2.08. The van der Waals surface area contributed by atoms with Crippen molar-refractivity contribution in [3.8, 4) is 0 Å². The molecule has 0 fully saturated rings. The first-order valence-electron chi connectivity index (χ1n) is 4.17. The highest BCUT2D eigenvalue weighted by atomic mass is 16.1. The van der Waals surface area contributed by atoms with Gasteiger partial charge in [0.2, 0.25) is 5.43 Å². The molecule has 0 amide bonds. The van der Waals surface area contributed by atoms with Crippen molar-refractivity contribution >= 4 is 16.8 Å². The number of carbonyl (C=O) groups is 1. The highest BCUT2D eigenvalue weighted by molar-refractivity contribution is 5.96. The van der Waals surface area contributed by atoms with Gasteiger partial charge in [0.25, 0.3) is 0 Å². The van der Waals surface area contributed by atoms with Crippen LogP contribution in [0.2, 0.25) is 0 Å². The van der Waals surface area contributed by atoms with Crippen molar-refractivity contribution in [1.29, 1.82) is 0 Å². The third-order valence-corrected chi connectivity index (χ3v) is 2.03. The average Bonchev–Trinajstić information content (AvgIpc) is 2.18. The van der Waals surface area contributed by atoms with Gasteiger partial charge in [-0.2, -0.15) is 0 Å². The molecule has 0 bridgehead atoms. The maximum Gasteiger partial charge on any atom is 0.201 e. The summed E-state index contributed by atoms with van der Waals surface area (Å²) in [4.78, 5) is 29.5. The van der Waals surface area contributed by atoms with Gasteiger partial charge in [-0.3, -0.25) is 9.59 Å². The van der Waals surface area contributed by atoms with Crippen molar-refractivity contribution in [1.82, 2.24) is 9.97 Å². The molecule has 2 aromatic heterocycles. The first-order chi connectivity index (χ1) is 6.70. The number of nitrogens with zero attached hydrogens (tertiary/aromatic N) is 1. The number of Topliss-reactive ketones (excluding diaryl/α,β-unsaturated/α-hetero) is 1. The summed E-state index contributed by atoms with van der Waals surface area (Å²) in [6.07, 6.45) is 2.99. The summed E-state index contributed by atoms with van der Waals surface area (Å²) in [7, 11) is 0. The summed E-state index contributed by atoms with van der Waals surface area (Å²) >= 11 is 0. The number of aromatic nitrogens is 2. The summed E-state index contributed by atoms with van der Waals surface area (Å²) in [5.74, 6) is -0.239. The van der Waals surface area contributed by atoms with Crippen LogP contribution in [0.15, 0.2) is 29.3 Å². The largest absolute Gasteiger partial charge is 0.345 e. The average molecular weight is 188 g/mol. The number of pyridine rings is 2. The van der Waals surface area contributed by atoms with Crippen molar-refractivity contribution in [2.45, 2.75) is 6.92 Å². The van der Waals surface area contributed by atoms with Crippen LogP contribution in [0.5, 0.6) is 0 Å². The lowest BCUT2D eigenvalue weighted by atomic mass is 10.1. The smallest absolute Gasteiger partial charge is 0.201 e. The number of hydrogen-bond donors (Lipinski definition) is 1. The second-order valence-electron chi connectivity index (χ2n) is 2.99. The van der Waals surface area contributed by atoms with E-state index in [1.165, 1.54) is 13.1 Å². The number of nitrogens with one attached hydrogen (secondary N) is 1. The van der Waals surface area contributed by atoms with Crippen LogP contribution in [0.4, 0.5) is 0 Å². The Morgan fingerprint density at radius 2 is 2.29 bits per heavy atom. The molecule has 0 aliphatic rings. The lowest BCUT2D eigenvalue weighted by Crippen LogP contribution is -2.13. The van der Waals surface area contributed by atoms with E-state index in [-0.39, 0.29) is 16.8 Å². The minimum atomic E-state index is -0.264. The Kier molecular flexibility index (Phi) is 1.89. The van der Waals surface area contributed by atoms with E-state index in [0.717, 1.165) is 0 Å². The van der Waals surface area contributed by atoms with Gasteiger partial charge in [-0.05, 0) is 19.1 Å². The third-order valence-electron chi connectivity index (χ3n) is 2.03. The van der Waals surface area contributed by atoms with E-state index in [9.17, 15) is 9.59 Å². The second kappa shape index (κ2) is 3.06. The van der Waals surface area contributed by atoms with Crippen molar-refractivity contribution in [3.63, 3.8) is 0 Å². The standard InChI is InChI=1S/C10H8N2O2/c1-6(13)8-5-12-10-7(9(8)14)3-2-4-11-10/h2-5H,1H3,(H,11,12,14). The van der Waals surface area contributed by atoms with Crippen LogP contribution in [0.3, 0.4) is 0 Å². The first-order valence-corrected chi connectivity index (χ1v) is 4.17. The quantitative estimate of drug-likeness (QED) is 0.682. The predicted molar refractivity (Wildman–Crippen MR) is 52.4 cm³/mol. The monoisotopic (exact) mass is 188 g/mol. The van der Waals surface area contributed by atoms with Gasteiger partial charge in [0.1, 0.15) is 5.65 Å². The molecule has 0 saturated heterocycles. The fourth-order valence-corrected chi connectivity index (χ4v) is 1.32. The van der Waals surface area contributed by atoms with Crippen LogP contribution in [0.1, 0.15) is 17.3 Å². The molecular formula is C10H8N2O2. The number of carbonyl (C=O) groups excluding carboxylic acids is 1. The SMILES string of the molecule is CC(=O)c1c[nH]c2ncccc2c1=O. The maximum atomic E-state index is 11.7. The molecule has 2 heterocycles. The summed E-state index contributed by atoms with van der Waals surface area (Å²) in [5.41, 5.74) is 0.410. The molecule has 1 N–H and O–H groups in total. The van der Waals surface area contributed by atoms with Crippen molar-refractivity contribution in [2.75, 3.05) is 0 Å². The Morgan fingerprint density at radius 1 is 1.50 bits per heavy atom. The van der Waals surface area contributed by atoms with E-state index in [4.69, 9.17) is 0 Å². The molecule has 0 aliphatic carbocycles. The molecule has 0 aromatic carbocycles. The van der Waals surface area contributed by atoms with Gasteiger partial charge in [0.05, 0.1) is 10.9 Å². The topological polar surface area (TPSA) is 62.8 Å². The molecule has 70 valence electrons. The van der Waals surface area contributed by atoms with Gasteiger partial charge in [-0.15, -0.1) is 0 Å². The summed E-state index contributed by atoms with van der Waals surface area (Å²) < 4.78 is 0. The number of hydrogen-bond acceptors (Lipinski definition) is 3. The Balaban J connectivity index is 2.89. The number of fused-ring (bicyclic) bond motifs is 1. The maximum absolute atomic E-state index is 11.7. The van der Waals surface area contributed by atoms with Crippen LogP contribution in [0.25, 0.3) is 11.0 Å². The molecule has 0 aliphatic heterocycles. The number of rotatable bonds is 1. The number of H-pyrrole nitrogens is 1. The van der Waals surface area contributed by atoms with Crippen molar-refractivity contribution in [2.24, 2.45) is 0 Å². The van der Waals surface area contributed by atoms with Gasteiger partial charge in [0.15, 0.2) is 5.78 Å². The van der Waals surface area contributed by atoms with Gasteiger partial charge < -0.3 is 4.98 Å². The fraction of sp³-hybridized carbons (Fsp3) is 0.100. The van der Waals surface area contributed by atoms with Crippen LogP contribution in [-0.4, -0.2) is 15.8 Å². The highest BCUT2D eigenvalue weighted by Crippen LogP contribution is 2.03. The van der Waals surface area contributed by atoms with Crippen LogP contribution >= 0.6 is 0 Å². The van der Waals surface area contributed by atoms with Crippen LogP contribution in [-0.2, 0) is 0 Å². The van der Waals surface area contributed by atoms with E-state index in [2.05, 4.69) is 9.97 Å². The third kappa shape index (κ3) is 1.21. The molecule has 0 radical (unpaired) electrons. The Bertz CT molecular complexity index is 557.